The number of aryl methyl sites for hydroxylation is 1. The number of nitrogens with zero attached hydrogens (tertiary/aromatic N) is 3. The molecule has 0 amide bonds. The topological polar surface area (TPSA) is 39.9 Å². The highest BCUT2D eigenvalue weighted by molar-refractivity contribution is 6.33. The van der Waals surface area contributed by atoms with Crippen molar-refractivity contribution in [2.45, 2.75) is 32.0 Å². The van der Waals surface area contributed by atoms with Gasteiger partial charge < -0.3 is 9.30 Å². The summed E-state index contributed by atoms with van der Waals surface area (Å²) in [7, 11) is 0. The molecule has 22 heavy (non-hydrogen) atoms. The summed E-state index contributed by atoms with van der Waals surface area (Å²) in [6.07, 6.45) is -0.820. The van der Waals surface area contributed by atoms with Crippen LogP contribution < -0.4 is 0 Å². The number of hydrogen-bond acceptors (Lipinski definition) is 3. The Balaban J connectivity index is 1.93. The van der Waals surface area contributed by atoms with E-state index >= 15 is 0 Å². The van der Waals surface area contributed by atoms with E-state index in [0.29, 0.717) is 25.6 Å². The molecule has 4 nitrogen and oxygen atoms in total. The monoisotopic (exact) mass is 333 g/mol. The highest BCUT2D eigenvalue weighted by Crippen LogP contribution is 2.35. The van der Waals surface area contributed by atoms with Gasteiger partial charge in [-0.05, 0) is 31.2 Å². The van der Waals surface area contributed by atoms with Crippen molar-refractivity contribution in [2.75, 3.05) is 13.2 Å². The van der Waals surface area contributed by atoms with Crippen LogP contribution >= 0.6 is 11.6 Å². The summed E-state index contributed by atoms with van der Waals surface area (Å²) in [6, 6.07) is 1.03. The lowest BCUT2D eigenvalue weighted by Crippen LogP contribution is -2.19. The molecule has 0 aliphatic carbocycles. The Morgan fingerprint density at radius 2 is 2.00 bits per heavy atom. The van der Waals surface area contributed by atoms with Crippen LogP contribution in [0.25, 0.3) is 11.0 Å². The predicted molar refractivity (Wildman–Crippen MR) is 75.7 cm³/mol. The molecule has 0 spiro atoms. The third kappa shape index (κ3) is 3.05. The zero-order chi connectivity index (χ0) is 15.7. The van der Waals surface area contributed by atoms with E-state index < -0.39 is 11.9 Å². The average molecular weight is 334 g/mol. The van der Waals surface area contributed by atoms with Crippen molar-refractivity contribution in [1.82, 2.24) is 14.5 Å². The average Bonchev–Trinajstić information content (AvgIpc) is 2.86. The van der Waals surface area contributed by atoms with Gasteiger partial charge in [0.05, 0.1) is 5.39 Å². The van der Waals surface area contributed by atoms with Gasteiger partial charge in [0.2, 0.25) is 0 Å². The summed E-state index contributed by atoms with van der Waals surface area (Å²) in [5, 5.41) is 0.281. The molecule has 0 saturated carbocycles. The van der Waals surface area contributed by atoms with E-state index in [1.54, 1.807) is 0 Å². The van der Waals surface area contributed by atoms with E-state index in [1.165, 1.54) is 10.9 Å². The molecule has 2 aromatic rings. The minimum atomic E-state index is -4.44. The largest absolute Gasteiger partial charge is 0.431 e. The van der Waals surface area contributed by atoms with E-state index in [0.717, 1.165) is 18.9 Å². The van der Waals surface area contributed by atoms with Crippen molar-refractivity contribution in [3.05, 3.63) is 23.2 Å². The second-order valence-electron chi connectivity index (χ2n) is 5.43. The van der Waals surface area contributed by atoms with Gasteiger partial charge in [0.15, 0.2) is 0 Å². The highest BCUT2D eigenvalue weighted by atomic mass is 35.5. The second-order valence-corrected chi connectivity index (χ2v) is 5.78. The number of aromatic nitrogens is 3. The number of fused-ring (bicyclic) bond motifs is 1. The van der Waals surface area contributed by atoms with Crippen molar-refractivity contribution < 1.29 is 17.9 Å². The molecule has 1 fully saturated rings. The molecule has 0 aromatic carbocycles. The normalized spacial score (nSPS) is 17.3. The molecule has 0 N–H and O–H groups in total. The lowest BCUT2D eigenvalue weighted by molar-refractivity contribution is -0.143. The molecule has 1 aliphatic heterocycles. The smallest absolute Gasteiger partial charge is 0.381 e. The van der Waals surface area contributed by atoms with Crippen LogP contribution in [0.15, 0.2) is 12.4 Å². The Labute approximate surface area is 130 Å². The Kier molecular flexibility index (Phi) is 4.27. The van der Waals surface area contributed by atoms with Gasteiger partial charge in [-0.1, -0.05) is 11.6 Å². The zero-order valence-corrected chi connectivity index (χ0v) is 12.5. The minimum absolute atomic E-state index is 0.0420. The van der Waals surface area contributed by atoms with E-state index in [2.05, 4.69) is 9.97 Å². The van der Waals surface area contributed by atoms with E-state index in [1.807, 2.05) is 0 Å². The molecule has 2 aromatic heterocycles. The first-order valence-electron chi connectivity index (χ1n) is 7.11. The highest BCUT2D eigenvalue weighted by Gasteiger charge is 2.36. The van der Waals surface area contributed by atoms with Gasteiger partial charge >= 0.3 is 6.18 Å². The Hall–Kier alpha value is -1.34. The van der Waals surface area contributed by atoms with Crippen LogP contribution in [0.1, 0.15) is 25.0 Å². The molecular formula is C14H15ClF3N3O. The lowest BCUT2D eigenvalue weighted by Gasteiger charge is -2.22. The number of halogens is 4. The van der Waals surface area contributed by atoms with Crippen molar-refractivity contribution in [2.24, 2.45) is 5.92 Å². The third-order valence-corrected chi connectivity index (χ3v) is 4.34. The summed E-state index contributed by atoms with van der Waals surface area (Å²) in [4.78, 5) is 7.73. The summed E-state index contributed by atoms with van der Waals surface area (Å²) in [6.45, 7) is 1.62. The summed E-state index contributed by atoms with van der Waals surface area (Å²) >= 11 is 5.89. The first kappa shape index (κ1) is 15.6. The molecule has 0 atom stereocenters. The zero-order valence-electron chi connectivity index (χ0n) is 11.7. The molecule has 1 aliphatic rings. The maximum Gasteiger partial charge on any atom is 0.431 e. The van der Waals surface area contributed by atoms with Crippen LogP contribution in [0.3, 0.4) is 0 Å². The Morgan fingerprint density at radius 1 is 1.27 bits per heavy atom. The van der Waals surface area contributed by atoms with Crippen LogP contribution in [0.4, 0.5) is 13.2 Å². The van der Waals surface area contributed by atoms with Crippen molar-refractivity contribution in [1.29, 1.82) is 0 Å². The standard InChI is InChI=1S/C14H15ClF3N3O/c15-12-10-7-11(14(16,17)18)21(13(10)20-8-19-12)4-1-9-2-5-22-6-3-9/h7-9H,1-6H2. The van der Waals surface area contributed by atoms with Crippen LogP contribution in [-0.4, -0.2) is 27.7 Å². The molecule has 3 heterocycles. The van der Waals surface area contributed by atoms with Crippen molar-refractivity contribution in [3.8, 4) is 0 Å². The fraction of sp³-hybridized carbons (Fsp3) is 0.571. The van der Waals surface area contributed by atoms with Crippen molar-refractivity contribution >= 4 is 22.6 Å². The number of hydrogen-bond donors (Lipinski definition) is 0. The fourth-order valence-corrected chi connectivity index (χ4v) is 3.02. The van der Waals surface area contributed by atoms with Crippen LogP contribution in [0, 0.1) is 5.92 Å². The summed E-state index contributed by atoms with van der Waals surface area (Å²) in [5.41, 5.74) is -0.489. The summed E-state index contributed by atoms with van der Waals surface area (Å²) < 4.78 is 46.2. The fourth-order valence-electron chi connectivity index (χ4n) is 2.84. The number of alkyl halides is 3. The summed E-state index contributed by atoms with van der Waals surface area (Å²) in [5.74, 6) is 0.379. The Morgan fingerprint density at radius 3 is 2.68 bits per heavy atom. The molecule has 8 heteroatoms. The predicted octanol–water partition coefficient (Wildman–Crippen LogP) is 3.92. The quantitative estimate of drug-likeness (QED) is 0.799. The molecule has 0 radical (unpaired) electrons. The van der Waals surface area contributed by atoms with E-state index in [-0.39, 0.29) is 22.7 Å². The van der Waals surface area contributed by atoms with Crippen molar-refractivity contribution in [3.63, 3.8) is 0 Å². The molecule has 0 bridgehead atoms. The Bertz CT molecular complexity index is 665. The van der Waals surface area contributed by atoms with Crippen LogP contribution in [0.2, 0.25) is 5.15 Å². The van der Waals surface area contributed by atoms with Gasteiger partial charge in [0.25, 0.3) is 0 Å². The van der Waals surface area contributed by atoms with Gasteiger partial charge in [0.1, 0.15) is 22.8 Å². The van der Waals surface area contributed by atoms with E-state index in [9.17, 15) is 13.2 Å². The van der Waals surface area contributed by atoms with Gasteiger partial charge in [-0.15, -0.1) is 0 Å². The van der Waals surface area contributed by atoms with E-state index in [4.69, 9.17) is 16.3 Å². The van der Waals surface area contributed by atoms with Gasteiger partial charge in [0, 0.05) is 19.8 Å². The van der Waals surface area contributed by atoms with Gasteiger partial charge in [-0.2, -0.15) is 13.2 Å². The number of ether oxygens (including phenoxy) is 1. The molecule has 120 valence electrons. The lowest BCUT2D eigenvalue weighted by atomic mass is 9.96. The number of rotatable bonds is 3. The molecule has 3 rings (SSSR count). The second kappa shape index (κ2) is 6.04. The third-order valence-electron chi connectivity index (χ3n) is 4.03. The minimum Gasteiger partial charge on any atom is -0.381 e. The van der Waals surface area contributed by atoms with Gasteiger partial charge in [-0.3, -0.25) is 0 Å². The molecule has 0 unspecified atom stereocenters. The van der Waals surface area contributed by atoms with Crippen LogP contribution in [-0.2, 0) is 17.5 Å². The van der Waals surface area contributed by atoms with Crippen LogP contribution in [0.5, 0.6) is 0 Å². The maximum absolute atomic E-state index is 13.3. The molecular weight excluding hydrogens is 319 g/mol. The SMILES string of the molecule is FC(F)(F)c1cc2c(Cl)ncnc2n1CCC1CCOCC1. The van der Waals surface area contributed by atoms with Gasteiger partial charge in [-0.25, -0.2) is 9.97 Å². The first-order valence-corrected chi connectivity index (χ1v) is 7.49. The molecule has 1 saturated heterocycles. The first-order chi connectivity index (χ1) is 10.5. The maximum atomic E-state index is 13.3.